The number of aromatic nitrogens is 1. The summed E-state index contributed by atoms with van der Waals surface area (Å²) in [6.45, 7) is 1.92. The molecule has 0 saturated heterocycles. The van der Waals surface area contributed by atoms with Gasteiger partial charge in [-0.15, -0.1) is 0 Å². The molecule has 0 radical (unpaired) electrons. The van der Waals surface area contributed by atoms with Crippen molar-refractivity contribution in [3.63, 3.8) is 0 Å². The van der Waals surface area contributed by atoms with Crippen molar-refractivity contribution in [1.82, 2.24) is 10.3 Å². The maximum absolute atomic E-state index is 11.0. The minimum absolute atomic E-state index is 0.248. The van der Waals surface area contributed by atoms with Crippen molar-refractivity contribution in [3.8, 4) is 0 Å². The van der Waals surface area contributed by atoms with Gasteiger partial charge in [0, 0.05) is 17.5 Å². The van der Waals surface area contributed by atoms with E-state index < -0.39 is 12.0 Å². The Morgan fingerprint density at radius 3 is 2.89 bits per heavy atom. The van der Waals surface area contributed by atoms with Crippen LogP contribution in [0.15, 0.2) is 30.3 Å². The molecule has 2 rings (SSSR count). The van der Waals surface area contributed by atoms with Gasteiger partial charge in [0.15, 0.2) is 0 Å². The Balaban J connectivity index is 2.27. The van der Waals surface area contributed by atoms with Crippen LogP contribution >= 0.6 is 0 Å². The predicted octanol–water partition coefficient (Wildman–Crippen LogP) is 1.28. The number of carboxylic acids is 1. The van der Waals surface area contributed by atoms with Crippen molar-refractivity contribution in [2.24, 2.45) is 0 Å². The van der Waals surface area contributed by atoms with Crippen LogP contribution in [0.5, 0.6) is 0 Å². The Labute approximate surface area is 110 Å². The summed E-state index contributed by atoms with van der Waals surface area (Å²) in [5, 5.41) is 12.2. The molecule has 19 heavy (non-hydrogen) atoms. The summed E-state index contributed by atoms with van der Waals surface area (Å²) in [5.41, 5.74) is 2.66. The summed E-state index contributed by atoms with van der Waals surface area (Å²) in [5.74, 6) is -1.05. The minimum Gasteiger partial charge on any atom is -0.480 e. The summed E-state index contributed by atoms with van der Waals surface area (Å²) in [6, 6.07) is 8.53. The fourth-order valence-corrected chi connectivity index (χ4v) is 1.94. The van der Waals surface area contributed by atoms with Gasteiger partial charge in [-0.2, -0.15) is 0 Å². The van der Waals surface area contributed by atoms with Crippen LogP contribution in [0.2, 0.25) is 0 Å². The Morgan fingerprint density at radius 2 is 2.21 bits per heavy atom. The molecule has 2 aromatic rings. The van der Waals surface area contributed by atoms with Crippen LogP contribution in [-0.2, 0) is 16.0 Å². The number of carbonyl (C=O) groups excluding carboxylic acids is 1. The fraction of sp³-hybridized carbons (Fsp3) is 0.214. The van der Waals surface area contributed by atoms with E-state index in [1.54, 1.807) is 0 Å². The van der Waals surface area contributed by atoms with Gasteiger partial charge in [0.05, 0.1) is 5.52 Å². The molecule has 5 nitrogen and oxygen atoms in total. The van der Waals surface area contributed by atoms with Crippen LogP contribution in [-0.4, -0.2) is 28.5 Å². The van der Waals surface area contributed by atoms with E-state index in [1.807, 2.05) is 37.3 Å². The van der Waals surface area contributed by atoms with E-state index in [1.165, 1.54) is 0 Å². The zero-order chi connectivity index (χ0) is 13.8. The first-order valence-electron chi connectivity index (χ1n) is 5.89. The monoisotopic (exact) mass is 258 g/mol. The van der Waals surface area contributed by atoms with Gasteiger partial charge in [0.1, 0.15) is 6.04 Å². The number of benzene rings is 1. The molecule has 0 bridgehead atoms. The van der Waals surface area contributed by atoms with Crippen molar-refractivity contribution in [1.29, 1.82) is 0 Å². The van der Waals surface area contributed by atoms with Crippen molar-refractivity contribution in [3.05, 3.63) is 41.6 Å². The third-order valence-corrected chi connectivity index (χ3v) is 2.90. The Kier molecular flexibility index (Phi) is 3.75. The predicted molar refractivity (Wildman–Crippen MR) is 70.8 cm³/mol. The number of rotatable bonds is 5. The van der Waals surface area contributed by atoms with Gasteiger partial charge in [-0.1, -0.05) is 12.1 Å². The lowest BCUT2D eigenvalue weighted by atomic mass is 10.0. The zero-order valence-electron chi connectivity index (χ0n) is 10.5. The number of aryl methyl sites for hydroxylation is 1. The summed E-state index contributed by atoms with van der Waals surface area (Å²) < 4.78 is 0. The molecule has 1 aromatic carbocycles. The number of fused-ring (bicyclic) bond motifs is 1. The molecule has 0 saturated carbocycles. The SMILES string of the molecule is Cc1ccc2cc(CC(NC=O)C(=O)O)ccc2n1. The molecular weight excluding hydrogens is 244 g/mol. The fourth-order valence-electron chi connectivity index (χ4n) is 1.94. The quantitative estimate of drug-likeness (QED) is 0.792. The maximum atomic E-state index is 11.0. The van der Waals surface area contributed by atoms with E-state index in [0.29, 0.717) is 6.41 Å². The molecular formula is C14H14N2O3. The molecule has 1 aromatic heterocycles. The van der Waals surface area contributed by atoms with E-state index in [4.69, 9.17) is 5.11 Å². The first-order chi connectivity index (χ1) is 9.10. The molecule has 2 N–H and O–H groups in total. The number of hydrogen-bond acceptors (Lipinski definition) is 3. The normalized spacial score (nSPS) is 12.1. The number of nitrogens with zero attached hydrogens (tertiary/aromatic N) is 1. The summed E-state index contributed by atoms with van der Waals surface area (Å²) in [6.07, 6.45) is 0.655. The second-order valence-corrected chi connectivity index (χ2v) is 4.36. The molecule has 1 atom stereocenters. The second-order valence-electron chi connectivity index (χ2n) is 4.36. The van der Waals surface area contributed by atoms with Gasteiger partial charge in [-0.25, -0.2) is 4.79 Å². The number of nitrogens with one attached hydrogen (secondary N) is 1. The summed E-state index contributed by atoms with van der Waals surface area (Å²) in [7, 11) is 0. The van der Waals surface area contributed by atoms with Gasteiger partial charge in [-0.3, -0.25) is 9.78 Å². The molecule has 1 unspecified atom stereocenters. The van der Waals surface area contributed by atoms with Crippen LogP contribution in [0.3, 0.4) is 0 Å². The average molecular weight is 258 g/mol. The average Bonchev–Trinajstić information content (AvgIpc) is 2.38. The van der Waals surface area contributed by atoms with Crippen LogP contribution in [0, 0.1) is 6.92 Å². The third-order valence-electron chi connectivity index (χ3n) is 2.90. The first-order valence-corrected chi connectivity index (χ1v) is 5.89. The lowest BCUT2D eigenvalue weighted by molar-refractivity contribution is -0.140. The van der Waals surface area contributed by atoms with Gasteiger partial charge < -0.3 is 10.4 Å². The topological polar surface area (TPSA) is 79.3 Å². The molecule has 98 valence electrons. The number of carboxylic acid groups (broad SMARTS) is 1. The number of pyridine rings is 1. The highest BCUT2D eigenvalue weighted by Crippen LogP contribution is 2.16. The molecule has 0 spiro atoms. The molecule has 0 aliphatic carbocycles. The Bertz CT molecular complexity index is 625. The molecule has 1 amide bonds. The number of hydrogen-bond donors (Lipinski definition) is 2. The van der Waals surface area contributed by atoms with Gasteiger partial charge >= 0.3 is 5.97 Å². The van der Waals surface area contributed by atoms with Crippen LogP contribution < -0.4 is 5.32 Å². The van der Waals surface area contributed by atoms with E-state index in [2.05, 4.69) is 10.3 Å². The standard InChI is InChI=1S/C14H14N2O3/c1-9-2-4-11-6-10(3-5-12(11)16-9)7-13(14(18)19)15-8-17/h2-6,8,13H,7H2,1H3,(H,15,17)(H,18,19). The largest absolute Gasteiger partial charge is 0.480 e. The molecule has 5 heteroatoms. The molecule has 1 heterocycles. The molecule has 0 aliphatic rings. The molecule has 0 fully saturated rings. The second kappa shape index (κ2) is 5.48. The first kappa shape index (κ1) is 13.0. The number of carbonyl (C=O) groups is 2. The van der Waals surface area contributed by atoms with Crippen molar-refractivity contribution >= 4 is 23.3 Å². The van der Waals surface area contributed by atoms with Crippen LogP contribution in [0.1, 0.15) is 11.3 Å². The van der Waals surface area contributed by atoms with Gasteiger partial charge in [-0.05, 0) is 30.7 Å². The zero-order valence-corrected chi connectivity index (χ0v) is 10.5. The highest BCUT2D eigenvalue weighted by molar-refractivity contribution is 5.80. The Hall–Kier alpha value is -2.43. The van der Waals surface area contributed by atoms with Crippen molar-refractivity contribution < 1.29 is 14.7 Å². The van der Waals surface area contributed by atoms with Crippen LogP contribution in [0.25, 0.3) is 10.9 Å². The highest BCUT2D eigenvalue weighted by atomic mass is 16.4. The van der Waals surface area contributed by atoms with Gasteiger partial charge in [0.25, 0.3) is 0 Å². The van der Waals surface area contributed by atoms with E-state index in [9.17, 15) is 9.59 Å². The summed E-state index contributed by atoms with van der Waals surface area (Å²) in [4.78, 5) is 25.7. The van der Waals surface area contributed by atoms with E-state index >= 15 is 0 Å². The molecule has 0 aliphatic heterocycles. The third kappa shape index (κ3) is 3.07. The lowest BCUT2D eigenvalue weighted by Crippen LogP contribution is -2.37. The number of amides is 1. The smallest absolute Gasteiger partial charge is 0.326 e. The van der Waals surface area contributed by atoms with Gasteiger partial charge in [0.2, 0.25) is 6.41 Å². The summed E-state index contributed by atoms with van der Waals surface area (Å²) >= 11 is 0. The maximum Gasteiger partial charge on any atom is 0.326 e. The Morgan fingerprint density at radius 1 is 1.42 bits per heavy atom. The number of aliphatic carboxylic acids is 1. The van der Waals surface area contributed by atoms with Crippen molar-refractivity contribution in [2.45, 2.75) is 19.4 Å². The minimum atomic E-state index is -1.05. The van der Waals surface area contributed by atoms with Crippen molar-refractivity contribution in [2.75, 3.05) is 0 Å². The van der Waals surface area contributed by atoms with E-state index in [-0.39, 0.29) is 6.42 Å². The van der Waals surface area contributed by atoms with E-state index in [0.717, 1.165) is 22.2 Å². The highest BCUT2D eigenvalue weighted by Gasteiger charge is 2.16. The van der Waals surface area contributed by atoms with Crippen LogP contribution in [0.4, 0.5) is 0 Å². The lowest BCUT2D eigenvalue weighted by Gasteiger charge is -2.11.